The third-order valence-electron chi connectivity index (χ3n) is 2.84. The molecule has 1 N–H and O–H groups in total. The van der Waals surface area contributed by atoms with Crippen LogP contribution in [0.25, 0.3) is 0 Å². The highest BCUT2D eigenvalue weighted by Gasteiger charge is 2.44. The predicted molar refractivity (Wildman–Crippen MR) is 51.0 cm³/mol. The van der Waals surface area contributed by atoms with E-state index in [1.54, 1.807) is 4.31 Å². The minimum Gasteiger partial charge on any atom is -0.311 e. The molecule has 5 heteroatoms. The molecule has 0 amide bonds. The van der Waals surface area contributed by atoms with Gasteiger partial charge in [0.2, 0.25) is 10.0 Å². The monoisotopic (exact) mass is 204 g/mol. The van der Waals surface area contributed by atoms with E-state index in [1.807, 2.05) is 6.92 Å². The molecule has 1 aliphatic carbocycles. The first-order valence-corrected chi connectivity index (χ1v) is 6.57. The van der Waals surface area contributed by atoms with Crippen LogP contribution in [0.4, 0.5) is 0 Å². The molecule has 2 rings (SSSR count). The van der Waals surface area contributed by atoms with Crippen molar-refractivity contribution in [1.29, 1.82) is 0 Å². The summed E-state index contributed by atoms with van der Waals surface area (Å²) < 4.78 is 24.7. The van der Waals surface area contributed by atoms with Gasteiger partial charge in [-0.1, -0.05) is 0 Å². The summed E-state index contributed by atoms with van der Waals surface area (Å²) in [6.45, 7) is 2.85. The van der Waals surface area contributed by atoms with E-state index in [4.69, 9.17) is 0 Å². The Hall–Kier alpha value is -0.130. The highest BCUT2D eigenvalue weighted by Crippen LogP contribution is 2.33. The molecule has 0 spiro atoms. The van der Waals surface area contributed by atoms with E-state index in [2.05, 4.69) is 5.32 Å². The second kappa shape index (κ2) is 2.93. The van der Waals surface area contributed by atoms with Gasteiger partial charge < -0.3 is 5.32 Å². The minimum atomic E-state index is -3.00. The molecule has 2 fully saturated rings. The fraction of sp³-hybridized carbons (Fsp3) is 1.00. The van der Waals surface area contributed by atoms with Gasteiger partial charge in [0.05, 0.1) is 12.3 Å². The fourth-order valence-corrected chi connectivity index (χ4v) is 3.39. The van der Waals surface area contributed by atoms with Gasteiger partial charge in [-0.25, -0.2) is 8.42 Å². The van der Waals surface area contributed by atoms with Crippen molar-refractivity contribution < 1.29 is 8.42 Å². The first-order valence-electron chi connectivity index (χ1n) is 4.72. The lowest BCUT2D eigenvalue weighted by atomic mass is 10.0. The Kier molecular flexibility index (Phi) is 2.13. The highest BCUT2D eigenvalue weighted by atomic mass is 32.2. The normalized spacial score (nSPS) is 34.7. The van der Waals surface area contributed by atoms with Gasteiger partial charge in [0.1, 0.15) is 0 Å². The van der Waals surface area contributed by atoms with Gasteiger partial charge in [0, 0.05) is 18.6 Å². The van der Waals surface area contributed by atoms with Gasteiger partial charge >= 0.3 is 0 Å². The summed E-state index contributed by atoms with van der Waals surface area (Å²) in [5, 5.41) is 3.19. The summed E-state index contributed by atoms with van der Waals surface area (Å²) in [6.07, 6.45) is 3.39. The average molecular weight is 204 g/mol. The van der Waals surface area contributed by atoms with Gasteiger partial charge in [-0.05, 0) is 19.8 Å². The Bertz CT molecular complexity index is 297. The van der Waals surface area contributed by atoms with E-state index in [0.717, 1.165) is 19.4 Å². The lowest BCUT2D eigenvalue weighted by molar-refractivity contribution is 0.178. The van der Waals surface area contributed by atoms with Crippen molar-refractivity contribution in [3.63, 3.8) is 0 Å². The van der Waals surface area contributed by atoms with Crippen molar-refractivity contribution in [1.82, 2.24) is 9.62 Å². The molecule has 0 radical (unpaired) electrons. The van der Waals surface area contributed by atoms with Crippen LogP contribution in [0.5, 0.6) is 0 Å². The number of sulfonamides is 1. The van der Waals surface area contributed by atoms with Gasteiger partial charge in [-0.3, -0.25) is 0 Å². The first kappa shape index (κ1) is 9.43. The Morgan fingerprint density at radius 2 is 2.00 bits per heavy atom. The second-order valence-corrected chi connectivity index (χ2v) is 5.98. The number of hydrogen-bond donors (Lipinski definition) is 1. The second-order valence-electron chi connectivity index (χ2n) is 4.09. The lowest BCUT2D eigenvalue weighted by Gasteiger charge is -2.42. The average Bonchev–Trinajstić information content (AvgIpc) is 2.77. The van der Waals surface area contributed by atoms with E-state index in [1.165, 1.54) is 6.26 Å². The molecule has 2 atom stereocenters. The largest absolute Gasteiger partial charge is 0.311 e. The third-order valence-corrected chi connectivity index (χ3v) is 4.18. The third kappa shape index (κ3) is 1.73. The van der Waals surface area contributed by atoms with Gasteiger partial charge in [-0.15, -0.1) is 0 Å². The van der Waals surface area contributed by atoms with Crippen LogP contribution in [-0.4, -0.2) is 43.6 Å². The van der Waals surface area contributed by atoms with Crippen LogP contribution in [0.1, 0.15) is 19.8 Å². The van der Waals surface area contributed by atoms with Crippen molar-refractivity contribution in [3.8, 4) is 0 Å². The number of nitrogens with zero attached hydrogens (tertiary/aromatic N) is 1. The molecule has 1 saturated heterocycles. The summed E-state index contributed by atoms with van der Waals surface area (Å²) in [7, 11) is -3.00. The van der Waals surface area contributed by atoms with E-state index in [-0.39, 0.29) is 6.04 Å². The summed E-state index contributed by atoms with van der Waals surface area (Å²) in [6, 6.07) is 0.808. The van der Waals surface area contributed by atoms with Crippen molar-refractivity contribution in [3.05, 3.63) is 0 Å². The molecule has 76 valence electrons. The van der Waals surface area contributed by atoms with Crippen LogP contribution in [0.2, 0.25) is 0 Å². The number of rotatable bonds is 3. The molecule has 0 aromatic heterocycles. The minimum absolute atomic E-state index is 0.197. The summed E-state index contributed by atoms with van der Waals surface area (Å²) >= 11 is 0. The molecule has 1 saturated carbocycles. The molecule has 1 aliphatic heterocycles. The standard InChI is InChI=1S/C8H16N2O2S/c1-6-8(5-9-6)10(7-3-4-7)13(2,11)12/h6-9H,3-5H2,1-2H3/t6-,8+/m1/s1. The maximum atomic E-state index is 11.5. The molecule has 2 aliphatic rings. The fourth-order valence-electron chi connectivity index (χ4n) is 1.89. The zero-order chi connectivity index (χ0) is 9.64. The van der Waals surface area contributed by atoms with Gasteiger partial charge in [-0.2, -0.15) is 4.31 Å². The molecular weight excluding hydrogens is 188 g/mol. The first-order chi connectivity index (χ1) is 6.00. The van der Waals surface area contributed by atoms with Crippen LogP contribution >= 0.6 is 0 Å². The summed E-state index contributed by atoms with van der Waals surface area (Å²) in [4.78, 5) is 0. The molecule has 0 aromatic rings. The van der Waals surface area contributed by atoms with E-state index >= 15 is 0 Å². The van der Waals surface area contributed by atoms with Crippen molar-refractivity contribution in [2.45, 2.75) is 37.9 Å². The zero-order valence-electron chi connectivity index (χ0n) is 8.03. The van der Waals surface area contributed by atoms with Crippen LogP contribution in [0, 0.1) is 0 Å². The maximum Gasteiger partial charge on any atom is 0.211 e. The summed E-state index contributed by atoms with van der Waals surface area (Å²) in [5.41, 5.74) is 0. The van der Waals surface area contributed by atoms with E-state index < -0.39 is 10.0 Å². The lowest BCUT2D eigenvalue weighted by Crippen LogP contribution is -2.65. The SMILES string of the molecule is C[C@H]1NC[C@@H]1N(C1CC1)S(C)(=O)=O. The van der Waals surface area contributed by atoms with Crippen LogP contribution in [-0.2, 0) is 10.0 Å². The number of hydrogen-bond acceptors (Lipinski definition) is 3. The van der Waals surface area contributed by atoms with Crippen LogP contribution in [0.15, 0.2) is 0 Å². The molecule has 0 bridgehead atoms. The van der Waals surface area contributed by atoms with E-state index in [0.29, 0.717) is 12.1 Å². The smallest absolute Gasteiger partial charge is 0.211 e. The Labute approximate surface area is 79.4 Å². The molecule has 0 aromatic carbocycles. The van der Waals surface area contributed by atoms with Crippen molar-refractivity contribution in [2.24, 2.45) is 0 Å². The molecule has 13 heavy (non-hydrogen) atoms. The Morgan fingerprint density at radius 3 is 2.23 bits per heavy atom. The molecule has 4 nitrogen and oxygen atoms in total. The Balaban J connectivity index is 2.14. The molecule has 0 unspecified atom stereocenters. The number of nitrogens with one attached hydrogen (secondary N) is 1. The molecular formula is C8H16N2O2S. The van der Waals surface area contributed by atoms with Gasteiger partial charge in [0.15, 0.2) is 0 Å². The molecule has 1 heterocycles. The Morgan fingerprint density at radius 1 is 1.38 bits per heavy atom. The summed E-state index contributed by atoms with van der Waals surface area (Å²) in [5.74, 6) is 0. The predicted octanol–water partition coefficient (Wildman–Crippen LogP) is -0.229. The topological polar surface area (TPSA) is 49.4 Å². The van der Waals surface area contributed by atoms with Crippen molar-refractivity contribution in [2.75, 3.05) is 12.8 Å². The van der Waals surface area contributed by atoms with E-state index in [9.17, 15) is 8.42 Å². The highest BCUT2D eigenvalue weighted by molar-refractivity contribution is 7.88. The quantitative estimate of drug-likeness (QED) is 0.691. The zero-order valence-corrected chi connectivity index (χ0v) is 8.84. The van der Waals surface area contributed by atoms with Gasteiger partial charge in [0.25, 0.3) is 0 Å². The van der Waals surface area contributed by atoms with Crippen molar-refractivity contribution >= 4 is 10.0 Å². The maximum absolute atomic E-state index is 11.5. The van der Waals surface area contributed by atoms with Crippen LogP contribution < -0.4 is 5.32 Å². The van der Waals surface area contributed by atoms with Crippen LogP contribution in [0.3, 0.4) is 0 Å².